The van der Waals surface area contributed by atoms with Crippen LogP contribution in [0.15, 0.2) is 43.0 Å². The smallest absolute Gasteiger partial charge is 0.492 e. The Morgan fingerprint density at radius 2 is 1.75 bits per heavy atom. The monoisotopic (exact) mass is 306 g/mol. The summed E-state index contributed by atoms with van der Waals surface area (Å²) >= 11 is 0. The van der Waals surface area contributed by atoms with Crippen LogP contribution in [0, 0.1) is 0 Å². The van der Waals surface area contributed by atoms with Crippen molar-refractivity contribution in [3.05, 3.63) is 48.5 Å². The van der Waals surface area contributed by atoms with Crippen molar-refractivity contribution in [2.75, 3.05) is 6.61 Å². The minimum atomic E-state index is -5.04. The molecule has 0 aliphatic heterocycles. The maximum atomic E-state index is 12.5. The van der Waals surface area contributed by atoms with Crippen LogP contribution < -0.4 is 61.6 Å². The molecule has 2 aromatic rings. The molecule has 100 valence electrons. The summed E-state index contributed by atoms with van der Waals surface area (Å²) in [7, 11) is 0. The van der Waals surface area contributed by atoms with Crippen molar-refractivity contribution >= 4 is 12.4 Å². The van der Waals surface area contributed by atoms with Crippen molar-refractivity contribution in [2.24, 2.45) is 0 Å². The first kappa shape index (κ1) is 17.6. The molecule has 0 aliphatic carbocycles. The quantitative estimate of drug-likeness (QED) is 0.676. The molecule has 8 heteroatoms. The number of halogens is 3. The van der Waals surface area contributed by atoms with Crippen molar-refractivity contribution in [3.8, 4) is 5.75 Å². The third kappa shape index (κ3) is 5.53. The third-order valence-corrected chi connectivity index (χ3v) is 2.52. The van der Waals surface area contributed by atoms with Crippen LogP contribution in [0.3, 0.4) is 0 Å². The van der Waals surface area contributed by atoms with Gasteiger partial charge in [0.05, 0.1) is 12.8 Å². The second kappa shape index (κ2) is 8.14. The summed E-state index contributed by atoms with van der Waals surface area (Å²) in [5.74, 6) is 0.130. The van der Waals surface area contributed by atoms with Gasteiger partial charge in [-0.15, -0.1) is 0 Å². The summed E-state index contributed by atoms with van der Waals surface area (Å²) in [6.45, 7) is -4.75. The first-order valence-electron chi connectivity index (χ1n) is 5.72. The first-order chi connectivity index (χ1) is 9.05. The van der Waals surface area contributed by atoms with Crippen LogP contribution in [0.4, 0.5) is 12.9 Å². The molecule has 2 aromatic heterocycles. The second-order valence-electron chi connectivity index (χ2n) is 3.98. The average molecular weight is 306 g/mol. The number of rotatable bonds is 5. The largest absolute Gasteiger partial charge is 1.00 e. The zero-order valence-corrected chi connectivity index (χ0v) is 14.1. The van der Waals surface area contributed by atoms with Gasteiger partial charge in [-0.2, -0.15) is 0 Å². The molecule has 0 atom stereocenters. The first-order valence-corrected chi connectivity index (χ1v) is 5.72. The molecule has 0 aliphatic rings. The van der Waals surface area contributed by atoms with Gasteiger partial charge in [0, 0.05) is 25.0 Å². The number of hydrogen-bond donors (Lipinski definition) is 0. The van der Waals surface area contributed by atoms with Crippen molar-refractivity contribution < 1.29 is 69.1 Å². The van der Waals surface area contributed by atoms with Crippen LogP contribution in [0.5, 0.6) is 5.75 Å². The number of hydrogen-bond acceptors (Lipinski definition) is 3. The van der Waals surface area contributed by atoms with Crippen LogP contribution in [0.2, 0.25) is 0 Å². The maximum absolute atomic E-state index is 12.5. The molecule has 0 aromatic carbocycles. The van der Waals surface area contributed by atoms with Gasteiger partial charge >= 0.3 is 58.4 Å². The van der Waals surface area contributed by atoms with Gasteiger partial charge in [0.25, 0.3) is 0 Å². The SMILES string of the molecule is F[B-](F)(F)c1cncc(OCCc2ccncc2)c1.[K+]. The molecule has 0 saturated heterocycles. The molecule has 2 heterocycles. The van der Waals surface area contributed by atoms with Crippen LogP contribution in [-0.4, -0.2) is 23.6 Å². The predicted octanol–water partition coefficient (Wildman–Crippen LogP) is -0.844. The number of aromatic nitrogens is 2. The van der Waals surface area contributed by atoms with Gasteiger partial charge in [-0.25, -0.2) is 0 Å². The predicted molar refractivity (Wildman–Crippen MR) is 66.4 cm³/mol. The van der Waals surface area contributed by atoms with E-state index in [4.69, 9.17) is 4.74 Å². The van der Waals surface area contributed by atoms with E-state index in [2.05, 4.69) is 9.97 Å². The van der Waals surface area contributed by atoms with E-state index in [0.29, 0.717) is 13.0 Å². The molecular formula is C12H11BF3KN2O. The van der Waals surface area contributed by atoms with Crippen LogP contribution in [-0.2, 0) is 6.42 Å². The zero-order valence-electron chi connectivity index (χ0n) is 11.0. The summed E-state index contributed by atoms with van der Waals surface area (Å²) in [6.07, 6.45) is 5.99. The van der Waals surface area contributed by atoms with Gasteiger partial charge in [-0.1, -0.05) is 5.46 Å². The van der Waals surface area contributed by atoms with E-state index in [1.807, 2.05) is 12.1 Å². The molecule has 2 rings (SSSR count). The Bertz CT molecular complexity index is 540. The van der Waals surface area contributed by atoms with Gasteiger partial charge in [0.15, 0.2) is 0 Å². The van der Waals surface area contributed by atoms with Crippen molar-refractivity contribution in [2.45, 2.75) is 6.42 Å². The van der Waals surface area contributed by atoms with E-state index in [0.717, 1.165) is 17.8 Å². The fourth-order valence-corrected chi connectivity index (χ4v) is 1.53. The Morgan fingerprint density at radius 3 is 2.40 bits per heavy atom. The fourth-order valence-electron chi connectivity index (χ4n) is 1.53. The molecule has 0 bridgehead atoms. The Kier molecular flexibility index (Phi) is 7.18. The molecule has 0 spiro atoms. The molecule has 3 nitrogen and oxygen atoms in total. The van der Waals surface area contributed by atoms with Gasteiger partial charge in [-0.3, -0.25) is 9.97 Å². The molecule has 0 unspecified atom stereocenters. The molecule has 0 saturated carbocycles. The zero-order chi connectivity index (χ0) is 13.7. The molecule has 0 fully saturated rings. The Balaban J connectivity index is 0.00000200. The summed E-state index contributed by atoms with van der Waals surface area (Å²) in [5, 5.41) is 0. The van der Waals surface area contributed by atoms with Gasteiger partial charge in [0.1, 0.15) is 5.75 Å². The maximum Gasteiger partial charge on any atom is 1.00 e. The van der Waals surface area contributed by atoms with Gasteiger partial charge < -0.3 is 17.7 Å². The molecule has 0 amide bonds. The van der Waals surface area contributed by atoms with E-state index in [-0.39, 0.29) is 57.1 Å². The molecule has 20 heavy (non-hydrogen) atoms. The van der Waals surface area contributed by atoms with E-state index in [9.17, 15) is 12.9 Å². The summed E-state index contributed by atoms with van der Waals surface area (Å²) in [6, 6.07) is 4.63. The summed E-state index contributed by atoms with van der Waals surface area (Å²) in [5.41, 5.74) is 0.264. The standard InChI is InChI=1S/C12H11BF3N2O.K/c14-13(15,16)11-7-12(9-18-8-11)19-6-3-10-1-4-17-5-2-10;/h1-2,4-5,7-9H,3,6H2;/q-1;+1. The van der Waals surface area contributed by atoms with E-state index >= 15 is 0 Å². The summed E-state index contributed by atoms with van der Waals surface area (Å²) < 4.78 is 42.8. The normalized spacial score (nSPS) is 10.8. The molecule has 0 radical (unpaired) electrons. The van der Waals surface area contributed by atoms with Crippen molar-refractivity contribution in [3.63, 3.8) is 0 Å². The average Bonchev–Trinajstić information content (AvgIpc) is 2.39. The number of ether oxygens (including phenoxy) is 1. The Labute approximate surface area is 157 Å². The number of pyridine rings is 2. The van der Waals surface area contributed by atoms with E-state index in [1.165, 1.54) is 6.20 Å². The van der Waals surface area contributed by atoms with Crippen LogP contribution >= 0.6 is 0 Å². The molecular weight excluding hydrogens is 295 g/mol. The topological polar surface area (TPSA) is 35.0 Å². The second-order valence-corrected chi connectivity index (χ2v) is 3.98. The van der Waals surface area contributed by atoms with Gasteiger partial charge in [-0.05, 0) is 23.8 Å². The minimum Gasteiger partial charge on any atom is -0.492 e. The minimum absolute atomic E-state index is 0. The van der Waals surface area contributed by atoms with Crippen LogP contribution in [0.25, 0.3) is 0 Å². The van der Waals surface area contributed by atoms with E-state index < -0.39 is 12.4 Å². The number of nitrogens with zero attached hydrogens (tertiary/aromatic N) is 2. The van der Waals surface area contributed by atoms with E-state index in [1.54, 1.807) is 12.4 Å². The van der Waals surface area contributed by atoms with Crippen molar-refractivity contribution in [1.82, 2.24) is 9.97 Å². The Morgan fingerprint density at radius 1 is 1.05 bits per heavy atom. The van der Waals surface area contributed by atoms with Crippen LogP contribution in [0.1, 0.15) is 5.56 Å². The Hall–Kier alpha value is -0.409. The summed E-state index contributed by atoms with van der Waals surface area (Å²) in [4.78, 5) is 7.41. The molecule has 0 N–H and O–H groups in total. The third-order valence-electron chi connectivity index (χ3n) is 2.52. The fraction of sp³-hybridized carbons (Fsp3) is 0.167. The van der Waals surface area contributed by atoms with Crippen molar-refractivity contribution in [1.29, 1.82) is 0 Å². The van der Waals surface area contributed by atoms with Gasteiger partial charge in [0.2, 0.25) is 0 Å².